The van der Waals surface area contributed by atoms with Crippen molar-refractivity contribution in [2.45, 2.75) is 39.2 Å². The van der Waals surface area contributed by atoms with Gasteiger partial charge in [-0.1, -0.05) is 18.1 Å². The van der Waals surface area contributed by atoms with E-state index >= 15 is 0 Å². The van der Waals surface area contributed by atoms with Crippen LogP contribution in [-0.4, -0.2) is 16.0 Å². The van der Waals surface area contributed by atoms with Gasteiger partial charge in [0.15, 0.2) is 5.78 Å². The number of benzene rings is 1. The van der Waals surface area contributed by atoms with E-state index in [-0.39, 0.29) is 17.2 Å². The van der Waals surface area contributed by atoms with E-state index in [4.69, 9.17) is 5.53 Å². The Balaban J connectivity index is 2.16. The summed E-state index contributed by atoms with van der Waals surface area (Å²) >= 11 is 0. The van der Waals surface area contributed by atoms with Gasteiger partial charge in [-0.3, -0.25) is 9.89 Å². The SMILES string of the molecule is CCC12CCC(=O)C(C)=C1c1ccc3[nH]ncc3c1C2N=[N+]=[N-]. The molecule has 2 aliphatic carbocycles. The third-order valence-corrected chi connectivity index (χ3v) is 5.62. The minimum atomic E-state index is -0.285. The summed E-state index contributed by atoms with van der Waals surface area (Å²) in [4.78, 5) is 15.4. The van der Waals surface area contributed by atoms with Gasteiger partial charge in [-0.15, -0.1) is 0 Å². The van der Waals surface area contributed by atoms with Gasteiger partial charge in [0.1, 0.15) is 0 Å². The van der Waals surface area contributed by atoms with Crippen molar-refractivity contribution in [1.29, 1.82) is 0 Å². The quantitative estimate of drug-likeness (QED) is 0.503. The smallest absolute Gasteiger partial charge is 0.158 e. The fraction of sp³-hybridized carbons (Fsp3) is 0.412. The molecular weight excluding hydrogens is 290 g/mol. The minimum Gasteiger partial charge on any atom is -0.295 e. The Bertz CT molecular complexity index is 918. The van der Waals surface area contributed by atoms with E-state index in [0.717, 1.165) is 46.0 Å². The topological polar surface area (TPSA) is 94.5 Å². The van der Waals surface area contributed by atoms with Crippen LogP contribution in [0.2, 0.25) is 0 Å². The molecule has 0 aliphatic heterocycles. The van der Waals surface area contributed by atoms with Crippen LogP contribution < -0.4 is 0 Å². The lowest BCUT2D eigenvalue weighted by Gasteiger charge is -2.38. The Morgan fingerprint density at radius 3 is 3.09 bits per heavy atom. The number of Topliss-reactive ketones (excluding diaryl/α,β-unsaturated/α-hetero) is 1. The van der Waals surface area contributed by atoms with Gasteiger partial charge in [0.25, 0.3) is 0 Å². The summed E-state index contributed by atoms with van der Waals surface area (Å²) < 4.78 is 0. The molecule has 1 N–H and O–H groups in total. The Kier molecular flexibility index (Phi) is 2.87. The van der Waals surface area contributed by atoms with Gasteiger partial charge in [-0.25, -0.2) is 0 Å². The van der Waals surface area contributed by atoms with Crippen molar-refractivity contribution in [3.8, 4) is 0 Å². The Morgan fingerprint density at radius 2 is 2.35 bits per heavy atom. The largest absolute Gasteiger partial charge is 0.295 e. The van der Waals surface area contributed by atoms with Gasteiger partial charge in [0, 0.05) is 22.1 Å². The van der Waals surface area contributed by atoms with Crippen LogP contribution in [0.25, 0.3) is 26.9 Å². The molecule has 4 rings (SSSR count). The van der Waals surface area contributed by atoms with Crippen molar-refractivity contribution < 1.29 is 4.79 Å². The van der Waals surface area contributed by atoms with Crippen LogP contribution >= 0.6 is 0 Å². The highest BCUT2D eigenvalue weighted by molar-refractivity contribution is 6.08. The van der Waals surface area contributed by atoms with Crippen molar-refractivity contribution in [1.82, 2.24) is 10.2 Å². The number of allylic oxidation sites excluding steroid dienone is 1. The van der Waals surface area contributed by atoms with Gasteiger partial charge < -0.3 is 0 Å². The number of ketones is 1. The van der Waals surface area contributed by atoms with E-state index in [9.17, 15) is 4.79 Å². The maximum absolute atomic E-state index is 12.3. The number of aromatic amines is 1. The molecule has 0 amide bonds. The first-order valence-electron chi connectivity index (χ1n) is 7.89. The maximum atomic E-state index is 12.3. The van der Waals surface area contributed by atoms with Gasteiger partial charge in [-0.05, 0) is 53.6 Å². The van der Waals surface area contributed by atoms with E-state index < -0.39 is 0 Å². The summed E-state index contributed by atoms with van der Waals surface area (Å²) in [6.07, 6.45) is 3.87. The molecule has 0 fully saturated rings. The lowest BCUT2D eigenvalue weighted by molar-refractivity contribution is -0.116. The van der Waals surface area contributed by atoms with Crippen LogP contribution in [0.1, 0.15) is 50.3 Å². The highest BCUT2D eigenvalue weighted by atomic mass is 16.1. The number of rotatable bonds is 2. The van der Waals surface area contributed by atoms with Crippen molar-refractivity contribution >= 4 is 22.3 Å². The van der Waals surface area contributed by atoms with Gasteiger partial charge in [-0.2, -0.15) is 5.10 Å². The fourth-order valence-corrected chi connectivity index (χ4v) is 4.50. The van der Waals surface area contributed by atoms with Crippen LogP contribution in [0, 0.1) is 5.41 Å². The highest BCUT2D eigenvalue weighted by Crippen LogP contribution is 2.63. The standard InChI is InChI=1S/C17H17N5O/c1-3-17-7-6-13(23)9(2)15(17)10-4-5-12-11(8-19-20-12)14(10)16(17)21-22-18/h4-5,8,16H,3,6-7H2,1-2H3,(H,19,20). The van der Waals surface area contributed by atoms with Crippen LogP contribution in [-0.2, 0) is 4.79 Å². The molecule has 0 bridgehead atoms. The average molecular weight is 307 g/mol. The molecule has 6 nitrogen and oxygen atoms in total. The molecule has 2 aliphatic rings. The van der Waals surface area contributed by atoms with Crippen molar-refractivity contribution in [2.24, 2.45) is 10.5 Å². The Morgan fingerprint density at radius 1 is 1.52 bits per heavy atom. The predicted octanol–water partition coefficient (Wildman–Crippen LogP) is 4.46. The molecule has 2 unspecified atom stereocenters. The van der Waals surface area contributed by atoms with Crippen LogP contribution in [0.15, 0.2) is 29.0 Å². The van der Waals surface area contributed by atoms with Gasteiger partial charge in [0.05, 0.1) is 17.8 Å². The number of fused-ring (bicyclic) bond motifs is 5. The fourth-order valence-electron chi connectivity index (χ4n) is 4.50. The predicted molar refractivity (Wildman–Crippen MR) is 87.5 cm³/mol. The number of carbonyl (C=O) groups excluding carboxylic acids is 1. The molecule has 116 valence electrons. The van der Waals surface area contributed by atoms with Crippen molar-refractivity contribution in [3.63, 3.8) is 0 Å². The number of aromatic nitrogens is 2. The molecule has 1 aromatic heterocycles. The normalized spacial score (nSPS) is 26.2. The van der Waals surface area contributed by atoms with Gasteiger partial charge in [0.2, 0.25) is 0 Å². The summed E-state index contributed by atoms with van der Waals surface area (Å²) in [5.74, 6) is 0.198. The lowest BCUT2D eigenvalue weighted by Crippen LogP contribution is -2.29. The van der Waals surface area contributed by atoms with E-state index in [0.29, 0.717) is 6.42 Å². The Labute approximate surface area is 133 Å². The molecule has 0 spiro atoms. The monoisotopic (exact) mass is 307 g/mol. The van der Waals surface area contributed by atoms with Crippen molar-refractivity contribution in [3.05, 3.63) is 45.5 Å². The number of H-pyrrole nitrogens is 1. The molecule has 6 heteroatoms. The molecule has 0 radical (unpaired) electrons. The summed E-state index contributed by atoms with van der Waals surface area (Å²) in [7, 11) is 0. The van der Waals surface area contributed by atoms with E-state index in [1.165, 1.54) is 0 Å². The zero-order valence-corrected chi connectivity index (χ0v) is 13.1. The third-order valence-electron chi connectivity index (χ3n) is 5.62. The van der Waals surface area contributed by atoms with Crippen LogP contribution in [0.4, 0.5) is 0 Å². The molecule has 2 aromatic rings. The molecule has 0 saturated heterocycles. The number of azide groups is 1. The number of hydrogen-bond acceptors (Lipinski definition) is 3. The molecular formula is C17H17N5O. The second kappa shape index (κ2) is 4.70. The molecule has 1 heterocycles. The van der Waals surface area contributed by atoms with Gasteiger partial charge >= 0.3 is 0 Å². The number of hydrogen-bond donors (Lipinski definition) is 1. The summed E-state index contributed by atoms with van der Waals surface area (Å²) in [6.45, 7) is 4.02. The summed E-state index contributed by atoms with van der Waals surface area (Å²) in [5.41, 5.74) is 13.7. The second-order valence-electron chi connectivity index (χ2n) is 6.40. The molecule has 0 saturated carbocycles. The number of carbonyl (C=O) groups is 1. The number of nitrogens with zero attached hydrogens (tertiary/aromatic N) is 4. The van der Waals surface area contributed by atoms with E-state index in [2.05, 4.69) is 27.1 Å². The summed E-state index contributed by atoms with van der Waals surface area (Å²) in [5, 5.41) is 12.3. The second-order valence-corrected chi connectivity index (χ2v) is 6.40. The van der Waals surface area contributed by atoms with Crippen LogP contribution in [0.5, 0.6) is 0 Å². The first-order chi connectivity index (χ1) is 11.1. The molecule has 23 heavy (non-hydrogen) atoms. The zero-order valence-electron chi connectivity index (χ0n) is 13.1. The average Bonchev–Trinajstić information content (AvgIpc) is 3.13. The number of nitrogens with one attached hydrogen (secondary N) is 1. The third kappa shape index (κ3) is 1.61. The van der Waals surface area contributed by atoms with E-state index in [1.54, 1.807) is 6.20 Å². The Hall–Kier alpha value is -2.59. The first kappa shape index (κ1) is 14.0. The minimum absolute atomic E-state index is 0.198. The highest BCUT2D eigenvalue weighted by Gasteiger charge is 2.52. The maximum Gasteiger partial charge on any atom is 0.158 e. The first-order valence-corrected chi connectivity index (χ1v) is 7.89. The zero-order chi connectivity index (χ0) is 16.2. The summed E-state index contributed by atoms with van der Waals surface area (Å²) in [6, 6.07) is 3.73. The van der Waals surface area contributed by atoms with Crippen LogP contribution in [0.3, 0.4) is 0 Å². The van der Waals surface area contributed by atoms with Crippen molar-refractivity contribution in [2.75, 3.05) is 0 Å². The molecule has 1 aromatic carbocycles. The van der Waals surface area contributed by atoms with E-state index in [1.807, 2.05) is 19.1 Å². The lowest BCUT2D eigenvalue weighted by atomic mass is 9.66. The molecule has 2 atom stereocenters.